The van der Waals surface area contributed by atoms with Crippen LogP contribution in [0, 0.1) is 0 Å². The molecule has 0 bridgehead atoms. The number of hydrogen-bond acceptors (Lipinski definition) is 4. The molecule has 1 aromatic heterocycles. The summed E-state index contributed by atoms with van der Waals surface area (Å²) < 4.78 is 0. The van der Waals surface area contributed by atoms with Gasteiger partial charge in [0.2, 0.25) is 0 Å². The predicted octanol–water partition coefficient (Wildman–Crippen LogP) is 1.93. The number of hydrogen-bond donors (Lipinski definition) is 1. The molecule has 0 saturated heterocycles. The SMILES string of the molecule is NCCN(Cc1ccccc1)c1ncnc2c1CCC2. The highest BCUT2D eigenvalue weighted by Gasteiger charge is 2.20. The minimum absolute atomic E-state index is 0.631. The van der Waals surface area contributed by atoms with Crippen LogP contribution in [0.2, 0.25) is 0 Å². The average molecular weight is 268 g/mol. The van der Waals surface area contributed by atoms with Gasteiger partial charge in [0.1, 0.15) is 12.1 Å². The topological polar surface area (TPSA) is 55.0 Å². The second-order valence-corrected chi connectivity index (χ2v) is 5.17. The van der Waals surface area contributed by atoms with Crippen LogP contribution in [0.5, 0.6) is 0 Å². The first kappa shape index (κ1) is 13.1. The van der Waals surface area contributed by atoms with E-state index >= 15 is 0 Å². The summed E-state index contributed by atoms with van der Waals surface area (Å²) in [6, 6.07) is 10.5. The molecule has 4 heteroatoms. The van der Waals surface area contributed by atoms with Crippen LogP contribution in [-0.4, -0.2) is 23.1 Å². The quantitative estimate of drug-likeness (QED) is 0.900. The van der Waals surface area contributed by atoms with Gasteiger partial charge in [0.25, 0.3) is 0 Å². The number of nitrogens with zero attached hydrogens (tertiary/aromatic N) is 3. The van der Waals surface area contributed by atoms with Crippen molar-refractivity contribution < 1.29 is 0 Å². The molecule has 3 rings (SSSR count). The first-order chi connectivity index (χ1) is 9.88. The van der Waals surface area contributed by atoms with Gasteiger partial charge in [-0.3, -0.25) is 0 Å². The third kappa shape index (κ3) is 2.65. The minimum Gasteiger partial charge on any atom is -0.351 e. The molecule has 2 aromatic rings. The van der Waals surface area contributed by atoms with E-state index in [2.05, 4.69) is 39.1 Å². The van der Waals surface area contributed by atoms with E-state index in [1.807, 2.05) is 6.07 Å². The fourth-order valence-corrected chi connectivity index (χ4v) is 2.83. The third-order valence-electron chi connectivity index (χ3n) is 3.77. The van der Waals surface area contributed by atoms with Gasteiger partial charge in [-0.15, -0.1) is 0 Å². The summed E-state index contributed by atoms with van der Waals surface area (Å²) in [6.45, 7) is 2.30. The van der Waals surface area contributed by atoms with E-state index in [9.17, 15) is 0 Å². The highest BCUT2D eigenvalue weighted by atomic mass is 15.2. The lowest BCUT2D eigenvalue weighted by molar-refractivity contribution is 0.765. The molecular formula is C16H20N4. The van der Waals surface area contributed by atoms with Crippen LogP contribution in [0.3, 0.4) is 0 Å². The van der Waals surface area contributed by atoms with Gasteiger partial charge in [0.05, 0.1) is 0 Å². The van der Waals surface area contributed by atoms with Gasteiger partial charge < -0.3 is 10.6 Å². The molecule has 1 aliphatic rings. The fourth-order valence-electron chi connectivity index (χ4n) is 2.83. The van der Waals surface area contributed by atoms with Crippen molar-refractivity contribution in [3.63, 3.8) is 0 Å². The van der Waals surface area contributed by atoms with Gasteiger partial charge in [-0.1, -0.05) is 30.3 Å². The molecule has 1 aliphatic carbocycles. The molecule has 104 valence electrons. The molecule has 0 atom stereocenters. The summed E-state index contributed by atoms with van der Waals surface area (Å²) in [5.41, 5.74) is 9.59. The molecule has 1 heterocycles. The lowest BCUT2D eigenvalue weighted by atomic mass is 10.2. The van der Waals surface area contributed by atoms with Crippen molar-refractivity contribution in [1.29, 1.82) is 0 Å². The Morgan fingerprint density at radius 1 is 1.10 bits per heavy atom. The number of anilines is 1. The molecule has 20 heavy (non-hydrogen) atoms. The molecule has 2 N–H and O–H groups in total. The van der Waals surface area contributed by atoms with Crippen molar-refractivity contribution in [3.05, 3.63) is 53.5 Å². The Balaban J connectivity index is 1.89. The number of aromatic nitrogens is 2. The molecule has 0 amide bonds. The van der Waals surface area contributed by atoms with Gasteiger partial charge in [0, 0.05) is 30.9 Å². The summed E-state index contributed by atoms with van der Waals surface area (Å²) in [5.74, 6) is 1.07. The third-order valence-corrected chi connectivity index (χ3v) is 3.77. The highest BCUT2D eigenvalue weighted by Crippen LogP contribution is 2.28. The molecule has 0 aliphatic heterocycles. The molecule has 4 nitrogen and oxygen atoms in total. The zero-order chi connectivity index (χ0) is 13.8. The van der Waals surface area contributed by atoms with Crippen LogP contribution >= 0.6 is 0 Å². The summed E-state index contributed by atoms with van der Waals surface area (Å²) in [4.78, 5) is 11.2. The average Bonchev–Trinajstić information content (AvgIpc) is 2.96. The van der Waals surface area contributed by atoms with Gasteiger partial charge >= 0.3 is 0 Å². The molecule has 0 spiro atoms. The molecule has 0 saturated carbocycles. The maximum absolute atomic E-state index is 5.78. The second kappa shape index (κ2) is 6.01. The van der Waals surface area contributed by atoms with Crippen LogP contribution in [0.1, 0.15) is 23.2 Å². The van der Waals surface area contributed by atoms with E-state index in [0.717, 1.165) is 31.7 Å². The Morgan fingerprint density at radius 3 is 2.75 bits per heavy atom. The number of benzene rings is 1. The van der Waals surface area contributed by atoms with Crippen molar-refractivity contribution in [2.24, 2.45) is 5.73 Å². The van der Waals surface area contributed by atoms with E-state index in [1.165, 1.54) is 23.2 Å². The Morgan fingerprint density at radius 2 is 1.95 bits per heavy atom. The molecule has 0 unspecified atom stereocenters. The minimum atomic E-state index is 0.631. The number of aryl methyl sites for hydroxylation is 1. The summed E-state index contributed by atoms with van der Waals surface area (Å²) in [5, 5.41) is 0. The van der Waals surface area contributed by atoms with Crippen LogP contribution in [0.4, 0.5) is 5.82 Å². The Hall–Kier alpha value is -1.94. The van der Waals surface area contributed by atoms with Gasteiger partial charge in [-0.2, -0.15) is 0 Å². The van der Waals surface area contributed by atoms with E-state index in [4.69, 9.17) is 5.73 Å². The van der Waals surface area contributed by atoms with E-state index < -0.39 is 0 Å². The van der Waals surface area contributed by atoms with Crippen molar-refractivity contribution in [2.75, 3.05) is 18.0 Å². The number of fused-ring (bicyclic) bond motifs is 1. The summed E-state index contributed by atoms with van der Waals surface area (Å²) in [6.07, 6.45) is 5.03. The second-order valence-electron chi connectivity index (χ2n) is 5.17. The predicted molar refractivity (Wildman–Crippen MR) is 80.6 cm³/mol. The number of nitrogens with two attached hydrogens (primary N) is 1. The zero-order valence-corrected chi connectivity index (χ0v) is 11.6. The molecule has 0 fully saturated rings. The molecule has 1 aromatic carbocycles. The maximum atomic E-state index is 5.78. The standard InChI is InChI=1S/C16H20N4/c17-9-10-20(11-13-5-2-1-3-6-13)16-14-7-4-8-15(14)18-12-19-16/h1-3,5-6,12H,4,7-11,17H2. The lowest BCUT2D eigenvalue weighted by Crippen LogP contribution is -2.30. The first-order valence-corrected chi connectivity index (χ1v) is 7.20. The van der Waals surface area contributed by atoms with Gasteiger partial charge in [-0.25, -0.2) is 9.97 Å². The van der Waals surface area contributed by atoms with Crippen molar-refractivity contribution in [2.45, 2.75) is 25.8 Å². The monoisotopic (exact) mass is 268 g/mol. The van der Waals surface area contributed by atoms with Crippen LogP contribution in [0.25, 0.3) is 0 Å². The van der Waals surface area contributed by atoms with E-state index in [-0.39, 0.29) is 0 Å². The highest BCUT2D eigenvalue weighted by molar-refractivity contribution is 5.51. The molecular weight excluding hydrogens is 248 g/mol. The van der Waals surface area contributed by atoms with Gasteiger partial charge in [-0.05, 0) is 24.8 Å². The summed E-state index contributed by atoms with van der Waals surface area (Å²) >= 11 is 0. The lowest BCUT2D eigenvalue weighted by Gasteiger charge is -2.25. The van der Waals surface area contributed by atoms with E-state index in [1.54, 1.807) is 6.33 Å². The van der Waals surface area contributed by atoms with Gasteiger partial charge in [0.15, 0.2) is 0 Å². The van der Waals surface area contributed by atoms with Crippen molar-refractivity contribution in [3.8, 4) is 0 Å². The normalized spacial score (nSPS) is 13.2. The first-order valence-electron chi connectivity index (χ1n) is 7.20. The van der Waals surface area contributed by atoms with Crippen molar-refractivity contribution >= 4 is 5.82 Å². The summed E-state index contributed by atoms with van der Waals surface area (Å²) in [7, 11) is 0. The maximum Gasteiger partial charge on any atom is 0.135 e. The zero-order valence-electron chi connectivity index (χ0n) is 11.6. The van der Waals surface area contributed by atoms with Crippen LogP contribution in [0.15, 0.2) is 36.7 Å². The molecule has 0 radical (unpaired) electrons. The Kier molecular flexibility index (Phi) is 3.92. The smallest absolute Gasteiger partial charge is 0.135 e. The number of rotatable bonds is 5. The van der Waals surface area contributed by atoms with Crippen molar-refractivity contribution in [1.82, 2.24) is 9.97 Å². The Bertz CT molecular complexity index is 568. The van der Waals surface area contributed by atoms with Crippen LogP contribution in [-0.2, 0) is 19.4 Å². The fraction of sp³-hybridized carbons (Fsp3) is 0.375. The van der Waals surface area contributed by atoms with Crippen LogP contribution < -0.4 is 10.6 Å². The largest absolute Gasteiger partial charge is 0.351 e. The van der Waals surface area contributed by atoms with E-state index in [0.29, 0.717) is 6.54 Å². The Labute approximate surface area is 119 Å².